The second kappa shape index (κ2) is 6.44. The highest BCUT2D eigenvalue weighted by Crippen LogP contribution is 2.37. The maximum absolute atomic E-state index is 11.6. The molecule has 3 heterocycles. The summed E-state index contributed by atoms with van der Waals surface area (Å²) in [7, 11) is 0. The van der Waals surface area contributed by atoms with Gasteiger partial charge in [0.15, 0.2) is 11.6 Å². The van der Waals surface area contributed by atoms with Gasteiger partial charge in [-0.1, -0.05) is 0 Å². The molecule has 0 aliphatic carbocycles. The van der Waals surface area contributed by atoms with E-state index < -0.39 is 22.8 Å². The van der Waals surface area contributed by atoms with Gasteiger partial charge in [-0.3, -0.25) is 9.78 Å². The van der Waals surface area contributed by atoms with Crippen molar-refractivity contribution in [2.75, 3.05) is 18.1 Å². The Morgan fingerprint density at radius 2 is 1.84 bits per heavy atom. The fourth-order valence-corrected chi connectivity index (χ4v) is 3.94. The van der Waals surface area contributed by atoms with Gasteiger partial charge < -0.3 is 29.7 Å². The second-order valence-electron chi connectivity index (χ2n) is 6.97. The van der Waals surface area contributed by atoms with Gasteiger partial charge in [0.05, 0.1) is 12.7 Å². The van der Waals surface area contributed by atoms with Crippen LogP contribution in [-0.2, 0) is 18.9 Å². The van der Waals surface area contributed by atoms with E-state index in [2.05, 4.69) is 9.97 Å². The molecule has 2 saturated heterocycles. The topological polar surface area (TPSA) is 129 Å². The predicted molar refractivity (Wildman–Crippen MR) is 91.5 cm³/mol. The molecule has 0 radical (unpaired) electrons. The number of hydrogen-bond donors (Lipinski definition) is 3. The van der Waals surface area contributed by atoms with Gasteiger partial charge in [-0.25, -0.2) is 4.79 Å². The van der Waals surface area contributed by atoms with Crippen LogP contribution in [0.25, 0.3) is 0 Å². The van der Waals surface area contributed by atoms with Gasteiger partial charge in [-0.15, -0.1) is 11.8 Å². The Hall–Kier alpha value is -1.33. The Bertz CT molecular complexity index is 758. The highest BCUT2D eigenvalue weighted by molar-refractivity contribution is 7.99. The van der Waals surface area contributed by atoms with Gasteiger partial charge in [0.25, 0.3) is 5.56 Å². The molecular formula is C15H23N3O6S. The first-order valence-corrected chi connectivity index (χ1v) is 8.97. The van der Waals surface area contributed by atoms with Crippen LogP contribution in [0, 0.1) is 0 Å². The lowest BCUT2D eigenvalue weighted by atomic mass is 10.1. The van der Waals surface area contributed by atoms with Crippen molar-refractivity contribution in [3.63, 3.8) is 0 Å². The summed E-state index contributed by atoms with van der Waals surface area (Å²) in [6.07, 6.45) is -0.915. The van der Waals surface area contributed by atoms with Crippen molar-refractivity contribution in [1.82, 2.24) is 9.97 Å². The van der Waals surface area contributed by atoms with E-state index in [4.69, 9.17) is 24.7 Å². The van der Waals surface area contributed by atoms with E-state index >= 15 is 0 Å². The SMILES string of the molecule is CC1(C)O[C@H]([C@H]2COC(C)(C)O2)[C@H](CSc2[nH]c(=O)[nH]c(=O)c2N)O1. The molecule has 1 aromatic heterocycles. The number of hydrogen-bond acceptors (Lipinski definition) is 8. The average molecular weight is 373 g/mol. The number of nitrogens with two attached hydrogens (primary N) is 1. The lowest BCUT2D eigenvalue weighted by Gasteiger charge is -2.23. The lowest BCUT2D eigenvalue weighted by molar-refractivity contribution is -0.174. The van der Waals surface area contributed by atoms with Crippen LogP contribution in [0.2, 0.25) is 0 Å². The largest absolute Gasteiger partial charge is 0.392 e. The molecule has 9 nitrogen and oxygen atoms in total. The summed E-state index contributed by atoms with van der Waals surface area (Å²) in [4.78, 5) is 27.7. The van der Waals surface area contributed by atoms with Crippen molar-refractivity contribution in [3.05, 3.63) is 20.8 Å². The predicted octanol–water partition coefficient (Wildman–Crippen LogP) is 0.409. The van der Waals surface area contributed by atoms with Crippen molar-refractivity contribution in [3.8, 4) is 0 Å². The number of ether oxygens (including phenoxy) is 4. The summed E-state index contributed by atoms with van der Waals surface area (Å²) in [5.74, 6) is -1.00. The van der Waals surface area contributed by atoms with E-state index in [9.17, 15) is 9.59 Å². The number of H-pyrrole nitrogens is 2. The van der Waals surface area contributed by atoms with Crippen molar-refractivity contribution >= 4 is 17.4 Å². The first kappa shape index (κ1) is 18.5. The zero-order valence-electron chi connectivity index (χ0n) is 14.6. The molecule has 2 aliphatic rings. The zero-order valence-corrected chi connectivity index (χ0v) is 15.4. The van der Waals surface area contributed by atoms with Crippen LogP contribution in [0.3, 0.4) is 0 Å². The first-order valence-electron chi connectivity index (χ1n) is 7.99. The molecule has 25 heavy (non-hydrogen) atoms. The lowest BCUT2D eigenvalue weighted by Crippen LogP contribution is -2.39. The van der Waals surface area contributed by atoms with Crippen LogP contribution in [0.5, 0.6) is 0 Å². The molecule has 2 fully saturated rings. The van der Waals surface area contributed by atoms with Crippen LogP contribution in [0.4, 0.5) is 5.69 Å². The second-order valence-corrected chi connectivity index (χ2v) is 8.00. The molecule has 0 amide bonds. The number of nitrogens with one attached hydrogen (secondary N) is 2. The number of anilines is 1. The molecule has 4 N–H and O–H groups in total. The summed E-state index contributed by atoms with van der Waals surface area (Å²) >= 11 is 1.23. The number of aromatic nitrogens is 2. The maximum Gasteiger partial charge on any atom is 0.326 e. The Morgan fingerprint density at radius 1 is 1.12 bits per heavy atom. The molecule has 3 rings (SSSR count). The smallest absolute Gasteiger partial charge is 0.326 e. The van der Waals surface area contributed by atoms with Gasteiger partial charge in [0, 0.05) is 5.75 Å². The molecule has 0 saturated carbocycles. The molecular weight excluding hydrogens is 350 g/mol. The standard InChI is InChI=1S/C15H23N3O6S/c1-14(2)21-5-7(22-14)10-8(23-15(3,4)24-10)6-25-12-9(16)11(19)17-13(20)18-12/h7-8,10H,5-6,16H2,1-4H3,(H2,17,18,19,20)/t7-,8+,10-/m1/s1. The number of aromatic amines is 2. The minimum atomic E-state index is -0.765. The summed E-state index contributed by atoms with van der Waals surface area (Å²) in [6, 6.07) is 0. The van der Waals surface area contributed by atoms with Gasteiger partial charge >= 0.3 is 5.69 Å². The van der Waals surface area contributed by atoms with Crippen LogP contribution in [-0.4, -0.2) is 52.2 Å². The molecule has 0 bridgehead atoms. The van der Waals surface area contributed by atoms with E-state index in [0.29, 0.717) is 17.4 Å². The number of nitrogen functional groups attached to an aromatic ring is 1. The Balaban J connectivity index is 1.74. The third-order valence-corrected chi connectivity index (χ3v) is 5.06. The number of rotatable bonds is 4. The summed E-state index contributed by atoms with van der Waals surface area (Å²) in [6.45, 7) is 7.76. The minimum Gasteiger partial charge on any atom is -0.392 e. The van der Waals surface area contributed by atoms with E-state index in [1.807, 2.05) is 27.7 Å². The summed E-state index contributed by atoms with van der Waals surface area (Å²) in [5.41, 5.74) is 4.49. The summed E-state index contributed by atoms with van der Waals surface area (Å²) < 4.78 is 23.5. The Morgan fingerprint density at radius 3 is 2.48 bits per heavy atom. The van der Waals surface area contributed by atoms with Crippen LogP contribution in [0.15, 0.2) is 14.6 Å². The maximum atomic E-state index is 11.6. The van der Waals surface area contributed by atoms with Crippen molar-refractivity contribution in [1.29, 1.82) is 0 Å². The Labute approximate surface area is 148 Å². The van der Waals surface area contributed by atoms with E-state index in [-0.39, 0.29) is 24.0 Å². The molecule has 140 valence electrons. The molecule has 2 aliphatic heterocycles. The van der Waals surface area contributed by atoms with Crippen LogP contribution < -0.4 is 17.0 Å². The van der Waals surface area contributed by atoms with Crippen molar-refractivity contribution in [2.45, 2.75) is 62.6 Å². The third-order valence-electron chi connectivity index (χ3n) is 3.95. The molecule has 0 aromatic carbocycles. The van der Waals surface area contributed by atoms with E-state index in [0.717, 1.165) is 0 Å². The molecule has 3 atom stereocenters. The fourth-order valence-electron chi connectivity index (χ4n) is 2.94. The van der Waals surface area contributed by atoms with Crippen LogP contribution in [0.1, 0.15) is 27.7 Å². The minimum absolute atomic E-state index is 0.0269. The quantitative estimate of drug-likeness (QED) is 0.511. The molecule has 10 heteroatoms. The van der Waals surface area contributed by atoms with Gasteiger partial charge in [0.2, 0.25) is 0 Å². The first-order chi connectivity index (χ1) is 11.6. The fraction of sp³-hybridized carbons (Fsp3) is 0.733. The highest BCUT2D eigenvalue weighted by atomic mass is 32.2. The van der Waals surface area contributed by atoms with Crippen molar-refractivity contribution in [2.24, 2.45) is 0 Å². The number of thioether (sulfide) groups is 1. The molecule has 0 spiro atoms. The third kappa shape index (κ3) is 4.09. The van der Waals surface area contributed by atoms with Gasteiger partial charge in [-0.05, 0) is 27.7 Å². The van der Waals surface area contributed by atoms with Crippen LogP contribution >= 0.6 is 11.8 Å². The molecule has 0 unspecified atom stereocenters. The average Bonchev–Trinajstić information content (AvgIpc) is 3.00. The van der Waals surface area contributed by atoms with E-state index in [1.165, 1.54) is 11.8 Å². The van der Waals surface area contributed by atoms with Crippen molar-refractivity contribution < 1.29 is 18.9 Å². The normalized spacial score (nSPS) is 30.6. The monoisotopic (exact) mass is 373 g/mol. The Kier molecular flexibility index (Phi) is 4.75. The highest BCUT2D eigenvalue weighted by Gasteiger charge is 2.49. The molecule has 1 aromatic rings. The zero-order chi connectivity index (χ0) is 18.4. The summed E-state index contributed by atoms with van der Waals surface area (Å²) in [5, 5.41) is 0.310. The van der Waals surface area contributed by atoms with Gasteiger partial charge in [-0.2, -0.15) is 0 Å². The van der Waals surface area contributed by atoms with Gasteiger partial charge in [0.1, 0.15) is 22.9 Å². The van der Waals surface area contributed by atoms with E-state index in [1.54, 1.807) is 0 Å².